The number of aromatic carboxylic acids is 1. The number of rotatable bonds is 9. The molecule has 9 heteroatoms. The van der Waals surface area contributed by atoms with E-state index in [1.165, 1.54) is 19.3 Å². The molecule has 1 fully saturated rings. The Morgan fingerprint density at radius 2 is 1.91 bits per heavy atom. The maximum Gasteiger partial charge on any atom is 0.349 e. The number of benzene rings is 1. The van der Waals surface area contributed by atoms with Crippen molar-refractivity contribution in [2.24, 2.45) is 5.92 Å². The third-order valence-electron chi connectivity index (χ3n) is 5.78. The number of carboxylic acid groups (broad SMARTS) is 2. The number of thiophene rings is 1. The molecule has 0 atom stereocenters. The molecule has 1 heterocycles. The summed E-state index contributed by atoms with van der Waals surface area (Å²) in [6.45, 7) is 4.13. The Hall–Kier alpha value is -3.07. The molecule has 33 heavy (non-hydrogen) atoms. The highest BCUT2D eigenvalue weighted by Crippen LogP contribution is 2.42. The Balaban J connectivity index is 1.96. The van der Waals surface area contributed by atoms with Crippen molar-refractivity contribution >= 4 is 35.0 Å². The summed E-state index contributed by atoms with van der Waals surface area (Å²) in [7, 11) is 0. The SMILES string of the molecule is CCNC(=O)N(CC1CCCCC1)c1cccc(-c2sc(C(=O)O)c(OCC(=O)O)c2C)c1. The predicted molar refractivity (Wildman–Crippen MR) is 128 cm³/mol. The molecular formula is C24H30N2O6S. The minimum Gasteiger partial charge on any atom is -0.480 e. The average Bonchev–Trinajstić information content (AvgIpc) is 3.13. The monoisotopic (exact) mass is 474 g/mol. The van der Waals surface area contributed by atoms with Crippen molar-refractivity contribution in [3.63, 3.8) is 0 Å². The summed E-state index contributed by atoms with van der Waals surface area (Å²) < 4.78 is 5.30. The topological polar surface area (TPSA) is 116 Å². The van der Waals surface area contributed by atoms with Gasteiger partial charge in [0.2, 0.25) is 0 Å². The first-order valence-corrected chi connectivity index (χ1v) is 12.0. The fraction of sp³-hybridized carbons (Fsp3) is 0.458. The van der Waals surface area contributed by atoms with Crippen LogP contribution in [0.15, 0.2) is 24.3 Å². The summed E-state index contributed by atoms with van der Waals surface area (Å²) in [5.41, 5.74) is 2.05. The largest absolute Gasteiger partial charge is 0.480 e. The van der Waals surface area contributed by atoms with E-state index in [1.807, 2.05) is 31.2 Å². The van der Waals surface area contributed by atoms with Gasteiger partial charge in [-0.3, -0.25) is 4.90 Å². The number of ether oxygens (including phenoxy) is 1. The quantitative estimate of drug-likeness (QED) is 0.471. The lowest BCUT2D eigenvalue weighted by Crippen LogP contribution is -2.43. The molecule has 1 aliphatic rings. The summed E-state index contributed by atoms with van der Waals surface area (Å²) in [4.78, 5) is 38.0. The van der Waals surface area contributed by atoms with Crippen molar-refractivity contribution in [2.75, 3.05) is 24.6 Å². The lowest BCUT2D eigenvalue weighted by molar-refractivity contribution is -0.139. The second-order valence-electron chi connectivity index (χ2n) is 8.20. The van der Waals surface area contributed by atoms with E-state index >= 15 is 0 Å². The molecule has 0 aliphatic heterocycles. The third kappa shape index (κ3) is 6.04. The van der Waals surface area contributed by atoms with Crippen molar-refractivity contribution < 1.29 is 29.3 Å². The average molecular weight is 475 g/mol. The van der Waals surface area contributed by atoms with Gasteiger partial charge in [-0.2, -0.15) is 0 Å². The lowest BCUT2D eigenvalue weighted by Gasteiger charge is -2.30. The Bertz CT molecular complexity index is 1010. The molecule has 1 saturated carbocycles. The van der Waals surface area contributed by atoms with E-state index in [9.17, 15) is 19.5 Å². The van der Waals surface area contributed by atoms with Gasteiger partial charge in [-0.1, -0.05) is 31.4 Å². The van der Waals surface area contributed by atoms with Crippen LogP contribution in [-0.4, -0.2) is 47.9 Å². The second kappa shape index (κ2) is 11.2. The number of nitrogens with zero attached hydrogens (tertiary/aromatic N) is 1. The summed E-state index contributed by atoms with van der Waals surface area (Å²) in [5, 5.41) is 21.4. The molecule has 3 rings (SSSR count). The highest BCUT2D eigenvalue weighted by Gasteiger charge is 2.25. The van der Waals surface area contributed by atoms with Crippen LogP contribution in [0.3, 0.4) is 0 Å². The van der Waals surface area contributed by atoms with Crippen LogP contribution in [0, 0.1) is 12.8 Å². The van der Waals surface area contributed by atoms with Gasteiger partial charge in [0, 0.05) is 29.2 Å². The minimum absolute atomic E-state index is 0.0445. The molecule has 0 unspecified atom stereocenters. The zero-order chi connectivity index (χ0) is 24.0. The number of nitrogens with one attached hydrogen (secondary N) is 1. The normalized spacial score (nSPS) is 14.0. The van der Waals surface area contributed by atoms with Gasteiger partial charge in [-0.25, -0.2) is 14.4 Å². The molecule has 0 bridgehead atoms. The highest BCUT2D eigenvalue weighted by atomic mass is 32.1. The van der Waals surface area contributed by atoms with Crippen molar-refractivity contribution in [2.45, 2.75) is 46.0 Å². The van der Waals surface area contributed by atoms with E-state index in [2.05, 4.69) is 5.32 Å². The van der Waals surface area contributed by atoms with Gasteiger partial charge in [0.05, 0.1) is 0 Å². The Kier molecular flexibility index (Phi) is 8.32. The van der Waals surface area contributed by atoms with Crippen LogP contribution in [0.5, 0.6) is 5.75 Å². The van der Waals surface area contributed by atoms with Crippen LogP contribution in [0.4, 0.5) is 10.5 Å². The number of carbonyl (C=O) groups excluding carboxylic acids is 1. The number of hydrogen-bond acceptors (Lipinski definition) is 5. The highest BCUT2D eigenvalue weighted by molar-refractivity contribution is 7.18. The van der Waals surface area contributed by atoms with Gasteiger partial charge in [-0.05, 0) is 50.3 Å². The summed E-state index contributed by atoms with van der Waals surface area (Å²) in [6.07, 6.45) is 5.81. The van der Waals surface area contributed by atoms with E-state index in [0.29, 0.717) is 29.4 Å². The first-order chi connectivity index (χ1) is 15.8. The molecule has 1 aromatic carbocycles. The van der Waals surface area contributed by atoms with Gasteiger partial charge in [0.1, 0.15) is 5.75 Å². The standard InChI is InChI=1S/C24H30N2O6S/c1-3-25-24(31)26(13-16-8-5-4-6-9-16)18-11-7-10-17(12-18)21-15(2)20(32-14-19(27)28)22(33-21)23(29)30/h7,10-12,16H,3-6,8-9,13-14H2,1-2H3,(H,25,31)(H,27,28)(H,29,30). The first-order valence-electron chi connectivity index (χ1n) is 11.2. The number of amides is 2. The Labute approximate surface area is 197 Å². The van der Waals surface area contributed by atoms with Crippen molar-refractivity contribution in [3.8, 4) is 16.2 Å². The molecule has 0 saturated heterocycles. The van der Waals surface area contributed by atoms with Gasteiger partial charge in [0.25, 0.3) is 0 Å². The molecule has 3 N–H and O–H groups in total. The van der Waals surface area contributed by atoms with E-state index < -0.39 is 18.5 Å². The summed E-state index contributed by atoms with van der Waals surface area (Å²) >= 11 is 1.04. The van der Waals surface area contributed by atoms with Crippen molar-refractivity contribution in [1.82, 2.24) is 5.32 Å². The first kappa shape index (κ1) is 24.6. The maximum absolute atomic E-state index is 12.9. The van der Waals surface area contributed by atoms with Gasteiger partial charge in [0.15, 0.2) is 11.5 Å². The summed E-state index contributed by atoms with van der Waals surface area (Å²) in [6, 6.07) is 7.30. The van der Waals surface area contributed by atoms with Gasteiger partial charge in [-0.15, -0.1) is 11.3 Å². The molecule has 8 nitrogen and oxygen atoms in total. The Morgan fingerprint density at radius 1 is 1.18 bits per heavy atom. The number of carbonyl (C=O) groups is 3. The van der Waals surface area contributed by atoms with Crippen LogP contribution in [0.2, 0.25) is 0 Å². The van der Waals surface area contributed by atoms with Crippen LogP contribution < -0.4 is 15.0 Å². The molecule has 1 aromatic heterocycles. The lowest BCUT2D eigenvalue weighted by atomic mass is 9.89. The molecular weight excluding hydrogens is 444 g/mol. The molecule has 0 spiro atoms. The zero-order valence-corrected chi connectivity index (χ0v) is 19.7. The number of anilines is 1. The fourth-order valence-electron chi connectivity index (χ4n) is 4.22. The molecule has 2 amide bonds. The van der Waals surface area contributed by atoms with Gasteiger partial charge < -0.3 is 20.3 Å². The smallest absolute Gasteiger partial charge is 0.349 e. The number of urea groups is 1. The maximum atomic E-state index is 12.9. The van der Waals surface area contributed by atoms with Crippen LogP contribution in [0.1, 0.15) is 54.3 Å². The van der Waals surface area contributed by atoms with E-state index in [0.717, 1.165) is 35.4 Å². The molecule has 2 aromatic rings. The third-order valence-corrected chi connectivity index (χ3v) is 7.09. The van der Waals surface area contributed by atoms with Crippen LogP contribution >= 0.6 is 11.3 Å². The van der Waals surface area contributed by atoms with Crippen molar-refractivity contribution in [3.05, 3.63) is 34.7 Å². The number of aliphatic carboxylic acids is 1. The predicted octanol–water partition coefficient (Wildman–Crippen LogP) is 5.00. The zero-order valence-electron chi connectivity index (χ0n) is 18.9. The van der Waals surface area contributed by atoms with Gasteiger partial charge >= 0.3 is 18.0 Å². The minimum atomic E-state index is -1.18. The Morgan fingerprint density at radius 3 is 2.55 bits per heavy atom. The second-order valence-corrected chi connectivity index (χ2v) is 9.22. The fourth-order valence-corrected chi connectivity index (χ4v) is 5.30. The van der Waals surface area contributed by atoms with E-state index in [-0.39, 0.29) is 16.7 Å². The summed E-state index contributed by atoms with van der Waals surface area (Å²) in [5.74, 6) is -1.84. The van der Waals surface area contributed by atoms with E-state index in [4.69, 9.17) is 9.84 Å². The number of hydrogen-bond donors (Lipinski definition) is 3. The molecule has 1 aliphatic carbocycles. The van der Waals surface area contributed by atoms with Crippen molar-refractivity contribution in [1.29, 1.82) is 0 Å². The van der Waals surface area contributed by atoms with E-state index in [1.54, 1.807) is 11.8 Å². The van der Waals surface area contributed by atoms with Crippen LogP contribution in [-0.2, 0) is 4.79 Å². The van der Waals surface area contributed by atoms with Crippen LogP contribution in [0.25, 0.3) is 10.4 Å². The molecule has 0 radical (unpaired) electrons. The molecule has 178 valence electrons. The number of carboxylic acids is 2.